The van der Waals surface area contributed by atoms with Crippen LogP contribution in [-0.4, -0.2) is 35.9 Å². The number of carboxylic acids is 1. The van der Waals surface area contributed by atoms with Crippen molar-refractivity contribution in [3.63, 3.8) is 0 Å². The molecule has 0 fully saturated rings. The van der Waals surface area contributed by atoms with Gasteiger partial charge in [-0.1, -0.05) is 18.7 Å². The number of anilines is 1. The number of hydrogen-bond donors (Lipinski definition) is 1. The lowest BCUT2D eigenvalue weighted by atomic mass is 10.1. The molecule has 0 aromatic heterocycles. The van der Waals surface area contributed by atoms with Gasteiger partial charge in [-0.25, -0.2) is 4.79 Å². The van der Waals surface area contributed by atoms with Gasteiger partial charge in [0.05, 0.1) is 33.6 Å². The third-order valence-corrected chi connectivity index (χ3v) is 4.98. The van der Waals surface area contributed by atoms with E-state index in [0.717, 1.165) is 5.56 Å². The van der Waals surface area contributed by atoms with Crippen LogP contribution in [0.25, 0.3) is 6.08 Å². The lowest BCUT2D eigenvalue weighted by Gasteiger charge is -2.14. The second-order valence-electron chi connectivity index (χ2n) is 6.58. The lowest BCUT2D eigenvalue weighted by Crippen LogP contribution is -2.21. The Morgan fingerprint density at radius 3 is 2.74 bits per heavy atom. The summed E-state index contributed by atoms with van der Waals surface area (Å²) < 4.78 is 12.1. The summed E-state index contributed by atoms with van der Waals surface area (Å²) in [6, 6.07) is 9.69. The van der Waals surface area contributed by atoms with E-state index in [9.17, 15) is 14.7 Å². The fourth-order valence-electron chi connectivity index (χ4n) is 3.01. The van der Waals surface area contributed by atoms with Crippen molar-refractivity contribution in [3.8, 4) is 11.5 Å². The topological polar surface area (TPSA) is 88.4 Å². The molecule has 2 aromatic carbocycles. The first-order valence-corrected chi connectivity index (χ1v) is 10.3. The van der Waals surface area contributed by atoms with Crippen LogP contribution >= 0.6 is 15.9 Å². The van der Waals surface area contributed by atoms with Gasteiger partial charge in [0.2, 0.25) is 0 Å². The number of hydrogen-bond acceptors (Lipinski definition) is 5. The van der Waals surface area contributed by atoms with Crippen molar-refractivity contribution in [2.75, 3.05) is 18.2 Å². The lowest BCUT2D eigenvalue weighted by molar-refractivity contribution is -0.114. The maximum atomic E-state index is 13.0. The molecule has 1 aliphatic rings. The van der Waals surface area contributed by atoms with Gasteiger partial charge >= 0.3 is 5.97 Å². The van der Waals surface area contributed by atoms with Crippen LogP contribution in [0.1, 0.15) is 29.8 Å². The third-order valence-electron chi connectivity index (χ3n) is 4.39. The molecule has 1 aliphatic heterocycles. The molecule has 0 spiro atoms. The van der Waals surface area contributed by atoms with E-state index >= 15 is 0 Å². The van der Waals surface area contributed by atoms with E-state index in [4.69, 9.17) is 9.47 Å². The van der Waals surface area contributed by atoms with E-state index in [1.807, 2.05) is 13.0 Å². The minimum Gasteiger partial charge on any atom is -0.490 e. The summed E-state index contributed by atoms with van der Waals surface area (Å²) in [5, 5.41) is 14.7. The number of nitrogens with zero attached hydrogens (tertiary/aromatic N) is 2. The van der Waals surface area contributed by atoms with Crippen LogP contribution in [-0.2, 0) is 4.79 Å². The summed E-state index contributed by atoms with van der Waals surface area (Å²) in [4.78, 5) is 24.3. The average Bonchev–Trinajstić information content (AvgIpc) is 3.02. The van der Waals surface area contributed by atoms with Crippen molar-refractivity contribution >= 4 is 45.3 Å². The van der Waals surface area contributed by atoms with E-state index in [0.29, 0.717) is 46.2 Å². The molecule has 160 valence electrons. The van der Waals surface area contributed by atoms with Crippen molar-refractivity contribution in [1.82, 2.24) is 0 Å². The summed E-state index contributed by atoms with van der Waals surface area (Å²) in [6.45, 7) is 8.03. The van der Waals surface area contributed by atoms with E-state index < -0.39 is 5.97 Å². The fourth-order valence-corrected chi connectivity index (χ4v) is 3.59. The molecule has 0 bridgehead atoms. The number of carbonyl (C=O) groups excluding carboxylic acids is 1. The number of aromatic carboxylic acids is 1. The molecule has 2 aromatic rings. The summed E-state index contributed by atoms with van der Waals surface area (Å²) >= 11 is 3.50. The maximum Gasteiger partial charge on any atom is 0.335 e. The Bertz CT molecular complexity index is 1110. The highest BCUT2D eigenvalue weighted by molar-refractivity contribution is 9.10. The molecule has 1 amide bonds. The van der Waals surface area contributed by atoms with Gasteiger partial charge in [-0.05, 0) is 71.7 Å². The van der Waals surface area contributed by atoms with Gasteiger partial charge in [-0.15, -0.1) is 0 Å². The van der Waals surface area contributed by atoms with Crippen LogP contribution in [0.4, 0.5) is 5.69 Å². The molecule has 0 saturated heterocycles. The first-order chi connectivity index (χ1) is 14.8. The third kappa shape index (κ3) is 4.86. The first kappa shape index (κ1) is 22.3. The minimum absolute atomic E-state index is 0.0796. The molecule has 1 heterocycles. The summed E-state index contributed by atoms with van der Waals surface area (Å²) in [7, 11) is 0. The van der Waals surface area contributed by atoms with E-state index in [1.54, 1.807) is 37.3 Å². The first-order valence-electron chi connectivity index (χ1n) is 9.50. The highest BCUT2D eigenvalue weighted by Crippen LogP contribution is 2.38. The highest BCUT2D eigenvalue weighted by atomic mass is 79.9. The molecule has 0 atom stereocenters. The van der Waals surface area contributed by atoms with Crippen molar-refractivity contribution in [2.24, 2.45) is 5.10 Å². The summed E-state index contributed by atoms with van der Waals surface area (Å²) in [6.07, 6.45) is 3.36. The van der Waals surface area contributed by atoms with Gasteiger partial charge in [0, 0.05) is 0 Å². The predicted molar refractivity (Wildman–Crippen MR) is 123 cm³/mol. The summed E-state index contributed by atoms with van der Waals surface area (Å²) in [5.74, 6) is -0.325. The molecular weight excluding hydrogens is 464 g/mol. The molecular formula is C23H21BrN2O5. The van der Waals surface area contributed by atoms with Gasteiger partial charge in [-0.3, -0.25) is 4.79 Å². The van der Waals surface area contributed by atoms with Gasteiger partial charge in [0.1, 0.15) is 6.61 Å². The van der Waals surface area contributed by atoms with E-state index in [1.165, 1.54) is 17.1 Å². The molecule has 3 rings (SSSR count). The highest BCUT2D eigenvalue weighted by Gasteiger charge is 2.29. The molecule has 8 heteroatoms. The van der Waals surface area contributed by atoms with Crippen molar-refractivity contribution in [2.45, 2.75) is 13.8 Å². The quantitative estimate of drug-likeness (QED) is 0.424. The Balaban J connectivity index is 1.96. The smallest absolute Gasteiger partial charge is 0.335 e. The Hall–Kier alpha value is -3.39. The number of halogens is 1. The Morgan fingerprint density at radius 1 is 1.29 bits per heavy atom. The molecule has 0 saturated carbocycles. The zero-order valence-corrected chi connectivity index (χ0v) is 18.7. The number of amides is 1. The van der Waals surface area contributed by atoms with Crippen molar-refractivity contribution in [1.29, 1.82) is 0 Å². The maximum absolute atomic E-state index is 13.0. The minimum atomic E-state index is -1.07. The largest absolute Gasteiger partial charge is 0.490 e. The van der Waals surface area contributed by atoms with Gasteiger partial charge < -0.3 is 14.6 Å². The molecule has 0 radical (unpaired) electrons. The Labute approximate surface area is 188 Å². The van der Waals surface area contributed by atoms with E-state index in [2.05, 4.69) is 27.6 Å². The van der Waals surface area contributed by atoms with Gasteiger partial charge in [-0.2, -0.15) is 10.1 Å². The van der Waals surface area contributed by atoms with E-state index in [-0.39, 0.29) is 11.5 Å². The van der Waals surface area contributed by atoms with Crippen LogP contribution in [0.5, 0.6) is 11.5 Å². The molecule has 0 unspecified atom stereocenters. The van der Waals surface area contributed by atoms with Crippen LogP contribution in [0.15, 0.2) is 64.2 Å². The van der Waals surface area contributed by atoms with Gasteiger partial charge in [0.15, 0.2) is 11.5 Å². The molecule has 1 N–H and O–H groups in total. The monoisotopic (exact) mass is 484 g/mol. The second-order valence-corrected chi connectivity index (χ2v) is 7.43. The average molecular weight is 485 g/mol. The van der Waals surface area contributed by atoms with Crippen LogP contribution in [0, 0.1) is 0 Å². The number of hydrazone groups is 1. The predicted octanol–water partition coefficient (Wildman–Crippen LogP) is 4.92. The number of carbonyl (C=O) groups is 2. The van der Waals surface area contributed by atoms with Crippen molar-refractivity contribution in [3.05, 3.63) is 70.2 Å². The number of rotatable bonds is 8. The van der Waals surface area contributed by atoms with Crippen LogP contribution in [0.2, 0.25) is 0 Å². The molecule has 7 nitrogen and oxygen atoms in total. The standard InChI is InChI=1S/C23H21BrN2O5/c1-4-9-31-21-19(24)11-15(12-20(21)30-5-2)10-18-14(3)25-26(22(18)27)17-8-6-7-16(13-17)23(28)29/h4,6-8,10-13H,1,5,9H2,2-3H3,(H,28,29)/b18-10-. The normalized spacial score (nSPS) is 14.5. The zero-order chi connectivity index (χ0) is 22.5. The fraction of sp³-hybridized carbons (Fsp3) is 0.174. The molecule has 31 heavy (non-hydrogen) atoms. The zero-order valence-electron chi connectivity index (χ0n) is 17.1. The van der Waals surface area contributed by atoms with Crippen LogP contribution < -0.4 is 14.5 Å². The van der Waals surface area contributed by atoms with Crippen LogP contribution in [0.3, 0.4) is 0 Å². The second kappa shape index (κ2) is 9.61. The number of carboxylic acid groups (broad SMARTS) is 1. The molecule has 0 aliphatic carbocycles. The Kier molecular flexibility index (Phi) is 6.91. The SMILES string of the molecule is C=CCOc1c(Br)cc(/C=C2\C(=O)N(c3cccc(C(=O)O)c3)N=C2C)cc1OCC. The Morgan fingerprint density at radius 2 is 2.06 bits per heavy atom. The number of benzene rings is 2. The van der Waals surface area contributed by atoms with Gasteiger partial charge in [0.25, 0.3) is 5.91 Å². The van der Waals surface area contributed by atoms with Crippen molar-refractivity contribution < 1.29 is 24.2 Å². The number of ether oxygens (including phenoxy) is 2. The summed E-state index contributed by atoms with van der Waals surface area (Å²) in [5.41, 5.74) is 2.11.